The smallest absolute Gasteiger partial charge is 0.0857 e. The van der Waals surface area contributed by atoms with Crippen molar-refractivity contribution in [3.63, 3.8) is 0 Å². The number of aromatic nitrogens is 1. The number of halogens is 1. The maximum Gasteiger partial charge on any atom is 0.0857 e. The lowest BCUT2D eigenvalue weighted by Gasteiger charge is -2.12. The minimum atomic E-state index is 0.176. The highest BCUT2D eigenvalue weighted by Crippen LogP contribution is 2.40. The molecule has 1 aromatic heterocycles. The zero-order valence-corrected chi connectivity index (χ0v) is 11.4. The Kier molecular flexibility index (Phi) is 2.57. The quantitative estimate of drug-likeness (QED) is 0.631. The van der Waals surface area contributed by atoms with Crippen LogP contribution in [0, 0.1) is 0 Å². The van der Waals surface area contributed by atoms with Crippen molar-refractivity contribution < 1.29 is 0 Å². The number of aliphatic imine (C=N–C) groups is 1. The summed E-state index contributed by atoms with van der Waals surface area (Å²) in [5.41, 5.74) is 4.33. The van der Waals surface area contributed by atoms with Crippen LogP contribution in [-0.4, -0.2) is 11.2 Å². The van der Waals surface area contributed by atoms with Gasteiger partial charge in [-0.3, -0.25) is 9.98 Å². The number of benzene rings is 2. The zero-order valence-electron chi connectivity index (χ0n) is 10.6. The van der Waals surface area contributed by atoms with E-state index in [1.54, 1.807) is 0 Å². The van der Waals surface area contributed by atoms with Gasteiger partial charge in [-0.1, -0.05) is 41.9 Å². The van der Waals surface area contributed by atoms with Gasteiger partial charge < -0.3 is 0 Å². The Morgan fingerprint density at radius 1 is 1.00 bits per heavy atom. The molecule has 2 heterocycles. The van der Waals surface area contributed by atoms with Crippen molar-refractivity contribution in [1.82, 2.24) is 4.98 Å². The predicted molar refractivity (Wildman–Crippen MR) is 83.2 cm³/mol. The van der Waals surface area contributed by atoms with Crippen molar-refractivity contribution in [2.75, 3.05) is 0 Å². The molecule has 1 unspecified atom stereocenters. The number of hydrogen-bond acceptors (Lipinski definition) is 2. The van der Waals surface area contributed by atoms with Crippen LogP contribution in [0.4, 0.5) is 5.69 Å². The summed E-state index contributed by atoms with van der Waals surface area (Å²) in [4.78, 5) is 8.96. The van der Waals surface area contributed by atoms with Crippen LogP contribution in [0.15, 0.2) is 59.7 Å². The van der Waals surface area contributed by atoms with Crippen LogP contribution in [-0.2, 0) is 0 Å². The van der Waals surface area contributed by atoms with Crippen LogP contribution in [0.5, 0.6) is 0 Å². The topological polar surface area (TPSA) is 25.2 Å². The summed E-state index contributed by atoms with van der Waals surface area (Å²) in [7, 11) is 0. The van der Waals surface area contributed by atoms with E-state index in [1.165, 1.54) is 11.1 Å². The maximum absolute atomic E-state index is 6.15. The normalized spacial score (nSPS) is 16.6. The first-order valence-corrected chi connectivity index (χ1v) is 6.88. The van der Waals surface area contributed by atoms with E-state index in [0.717, 1.165) is 21.6 Å². The highest BCUT2D eigenvalue weighted by molar-refractivity contribution is 6.31. The SMILES string of the molecule is Clc1ccc2ncc3c(c2c1)C(c1ccccc1)C=N3. The summed E-state index contributed by atoms with van der Waals surface area (Å²) >= 11 is 6.15. The Balaban J connectivity index is 1.99. The second-order valence-corrected chi connectivity index (χ2v) is 5.32. The van der Waals surface area contributed by atoms with Crippen LogP contribution < -0.4 is 0 Å². The minimum Gasteiger partial charge on any atom is -0.258 e. The lowest BCUT2D eigenvalue weighted by Crippen LogP contribution is -1.99. The average Bonchev–Trinajstić information content (AvgIpc) is 2.92. The van der Waals surface area contributed by atoms with Gasteiger partial charge >= 0.3 is 0 Å². The van der Waals surface area contributed by atoms with Crippen molar-refractivity contribution >= 4 is 34.4 Å². The van der Waals surface area contributed by atoms with Gasteiger partial charge in [0, 0.05) is 28.1 Å². The minimum absolute atomic E-state index is 0.176. The number of nitrogens with zero attached hydrogens (tertiary/aromatic N) is 2. The summed E-state index contributed by atoms with van der Waals surface area (Å²) in [5.74, 6) is 0.176. The average molecular weight is 279 g/mol. The van der Waals surface area contributed by atoms with Gasteiger partial charge in [0.15, 0.2) is 0 Å². The van der Waals surface area contributed by atoms with E-state index >= 15 is 0 Å². The second kappa shape index (κ2) is 4.43. The lowest BCUT2D eigenvalue weighted by molar-refractivity contribution is 1.15. The molecule has 1 atom stereocenters. The molecule has 1 aliphatic rings. The molecular formula is C17H11ClN2. The number of fused-ring (bicyclic) bond motifs is 3. The molecule has 96 valence electrons. The van der Waals surface area contributed by atoms with Crippen LogP contribution >= 0.6 is 11.6 Å². The van der Waals surface area contributed by atoms with Gasteiger partial charge in [-0.15, -0.1) is 0 Å². The highest BCUT2D eigenvalue weighted by atomic mass is 35.5. The van der Waals surface area contributed by atoms with E-state index in [9.17, 15) is 0 Å². The summed E-state index contributed by atoms with van der Waals surface area (Å²) in [6, 6.07) is 16.2. The van der Waals surface area contributed by atoms with E-state index < -0.39 is 0 Å². The molecule has 1 aliphatic heterocycles. The van der Waals surface area contributed by atoms with Gasteiger partial charge in [0.2, 0.25) is 0 Å². The Labute approximate surface area is 121 Å². The van der Waals surface area contributed by atoms with Crippen molar-refractivity contribution in [3.05, 3.63) is 70.9 Å². The molecule has 0 bridgehead atoms. The molecule has 0 fully saturated rings. The van der Waals surface area contributed by atoms with Gasteiger partial charge in [0.1, 0.15) is 0 Å². The Morgan fingerprint density at radius 2 is 1.85 bits per heavy atom. The molecule has 4 rings (SSSR count). The van der Waals surface area contributed by atoms with Crippen LogP contribution in [0.2, 0.25) is 5.02 Å². The molecule has 0 N–H and O–H groups in total. The molecule has 2 nitrogen and oxygen atoms in total. The molecule has 2 aromatic carbocycles. The Bertz CT molecular complexity index is 825. The van der Waals surface area contributed by atoms with Crippen molar-refractivity contribution in [2.45, 2.75) is 5.92 Å². The molecule has 3 heteroatoms. The van der Waals surface area contributed by atoms with E-state index in [1.807, 2.05) is 36.7 Å². The van der Waals surface area contributed by atoms with Crippen molar-refractivity contribution in [3.8, 4) is 0 Å². The van der Waals surface area contributed by atoms with Crippen LogP contribution in [0.3, 0.4) is 0 Å². The number of rotatable bonds is 1. The summed E-state index contributed by atoms with van der Waals surface area (Å²) in [6.45, 7) is 0. The maximum atomic E-state index is 6.15. The third-order valence-electron chi connectivity index (χ3n) is 3.68. The van der Waals surface area contributed by atoms with E-state index in [4.69, 9.17) is 11.6 Å². The lowest BCUT2D eigenvalue weighted by atomic mass is 9.91. The molecule has 0 radical (unpaired) electrons. The summed E-state index contributed by atoms with van der Waals surface area (Å²) in [6.07, 6.45) is 3.83. The first-order chi connectivity index (χ1) is 9.83. The molecule has 0 spiro atoms. The Hall–Kier alpha value is -2.19. The molecule has 20 heavy (non-hydrogen) atoms. The molecule has 0 saturated carbocycles. The molecule has 0 saturated heterocycles. The van der Waals surface area contributed by atoms with E-state index in [2.05, 4.69) is 34.2 Å². The molecular weight excluding hydrogens is 268 g/mol. The monoisotopic (exact) mass is 278 g/mol. The second-order valence-electron chi connectivity index (χ2n) is 4.89. The van der Waals surface area contributed by atoms with Gasteiger partial charge in [-0.2, -0.15) is 0 Å². The molecule has 0 amide bonds. The largest absolute Gasteiger partial charge is 0.258 e. The van der Waals surface area contributed by atoms with Crippen molar-refractivity contribution in [2.24, 2.45) is 4.99 Å². The first-order valence-electron chi connectivity index (χ1n) is 6.50. The fourth-order valence-electron chi connectivity index (χ4n) is 2.75. The summed E-state index contributed by atoms with van der Waals surface area (Å²) < 4.78 is 0. The molecule has 0 aliphatic carbocycles. The Morgan fingerprint density at radius 3 is 2.70 bits per heavy atom. The summed E-state index contributed by atoms with van der Waals surface area (Å²) in [5, 5.41) is 1.81. The fourth-order valence-corrected chi connectivity index (χ4v) is 2.92. The highest BCUT2D eigenvalue weighted by Gasteiger charge is 2.23. The van der Waals surface area contributed by atoms with Gasteiger partial charge in [-0.05, 0) is 23.8 Å². The third-order valence-corrected chi connectivity index (χ3v) is 3.92. The van der Waals surface area contributed by atoms with Crippen LogP contribution in [0.1, 0.15) is 17.0 Å². The predicted octanol–water partition coefficient (Wildman–Crippen LogP) is 4.74. The van der Waals surface area contributed by atoms with Crippen LogP contribution in [0.25, 0.3) is 10.9 Å². The number of hydrogen-bond donors (Lipinski definition) is 0. The van der Waals surface area contributed by atoms with Crippen molar-refractivity contribution in [1.29, 1.82) is 0 Å². The third kappa shape index (κ3) is 1.73. The van der Waals surface area contributed by atoms with E-state index in [0.29, 0.717) is 0 Å². The van der Waals surface area contributed by atoms with E-state index in [-0.39, 0.29) is 5.92 Å². The first kappa shape index (κ1) is 11.6. The molecule has 3 aromatic rings. The standard InChI is InChI=1S/C17H11ClN2/c18-12-6-7-15-13(8-12)17-14(9-19-16(17)10-20-15)11-4-2-1-3-5-11/h1-10,14H. The fraction of sp³-hybridized carbons (Fsp3) is 0.0588. The number of pyridine rings is 1. The zero-order chi connectivity index (χ0) is 13.5. The van der Waals surface area contributed by atoms with Gasteiger partial charge in [-0.25, -0.2) is 0 Å². The van der Waals surface area contributed by atoms with Gasteiger partial charge in [0.25, 0.3) is 0 Å². The van der Waals surface area contributed by atoms with Gasteiger partial charge in [0.05, 0.1) is 17.4 Å².